The SMILES string of the molecule is O=C(Nc1ccccc1I)c1ccc(O)c(Cl)c1. The van der Waals surface area contributed by atoms with E-state index in [1.54, 1.807) is 0 Å². The summed E-state index contributed by atoms with van der Waals surface area (Å²) in [6.07, 6.45) is 0. The van der Waals surface area contributed by atoms with Crippen LogP contribution in [-0.2, 0) is 0 Å². The maximum Gasteiger partial charge on any atom is 0.255 e. The summed E-state index contributed by atoms with van der Waals surface area (Å²) in [5.74, 6) is -0.302. The normalized spacial score (nSPS) is 10.1. The number of halogens is 2. The molecule has 1 amide bonds. The quantitative estimate of drug-likeness (QED) is 0.784. The molecule has 0 bridgehead atoms. The molecule has 5 heteroatoms. The zero-order valence-corrected chi connectivity index (χ0v) is 12.1. The van der Waals surface area contributed by atoms with Crippen LogP contribution in [0.5, 0.6) is 5.75 Å². The Morgan fingerprint density at radius 1 is 1.22 bits per heavy atom. The van der Waals surface area contributed by atoms with Crippen molar-refractivity contribution in [3.8, 4) is 5.75 Å². The first-order valence-electron chi connectivity index (χ1n) is 5.12. The summed E-state index contributed by atoms with van der Waals surface area (Å²) in [6.45, 7) is 0. The first-order chi connectivity index (χ1) is 8.58. The fourth-order valence-corrected chi connectivity index (χ4v) is 2.11. The smallest absolute Gasteiger partial charge is 0.255 e. The summed E-state index contributed by atoms with van der Waals surface area (Å²) in [7, 11) is 0. The Balaban J connectivity index is 2.22. The summed E-state index contributed by atoms with van der Waals surface area (Å²) in [4.78, 5) is 12.0. The zero-order valence-electron chi connectivity index (χ0n) is 9.15. The van der Waals surface area contributed by atoms with Gasteiger partial charge in [-0.1, -0.05) is 23.7 Å². The van der Waals surface area contributed by atoms with E-state index in [1.807, 2.05) is 24.3 Å². The second-order valence-corrected chi connectivity index (χ2v) is 5.17. The van der Waals surface area contributed by atoms with Crippen molar-refractivity contribution >= 4 is 45.8 Å². The Kier molecular flexibility index (Phi) is 4.08. The Hall–Kier alpha value is -1.27. The number of phenolic OH excluding ortho intramolecular Hbond substituents is 1. The average molecular weight is 374 g/mol. The predicted molar refractivity (Wildman–Crippen MR) is 80.2 cm³/mol. The second-order valence-electron chi connectivity index (χ2n) is 3.60. The first kappa shape index (κ1) is 13.2. The highest BCUT2D eigenvalue weighted by molar-refractivity contribution is 14.1. The standard InChI is InChI=1S/C13H9ClINO2/c14-9-7-8(5-6-12(9)17)13(18)16-11-4-2-1-3-10(11)15/h1-7,17H,(H,16,18). The van der Waals surface area contributed by atoms with E-state index in [-0.39, 0.29) is 16.7 Å². The molecule has 0 aliphatic carbocycles. The lowest BCUT2D eigenvalue weighted by atomic mass is 10.2. The van der Waals surface area contributed by atoms with Gasteiger partial charge in [0.1, 0.15) is 5.75 Å². The lowest BCUT2D eigenvalue weighted by Crippen LogP contribution is -2.12. The lowest BCUT2D eigenvalue weighted by Gasteiger charge is -2.07. The maximum atomic E-state index is 12.0. The van der Waals surface area contributed by atoms with Gasteiger partial charge >= 0.3 is 0 Å². The Morgan fingerprint density at radius 3 is 2.61 bits per heavy atom. The van der Waals surface area contributed by atoms with Crippen LogP contribution in [0.3, 0.4) is 0 Å². The number of rotatable bonds is 2. The molecule has 0 fully saturated rings. The van der Waals surface area contributed by atoms with Crippen LogP contribution in [0.4, 0.5) is 5.69 Å². The van der Waals surface area contributed by atoms with Crippen LogP contribution in [-0.4, -0.2) is 11.0 Å². The van der Waals surface area contributed by atoms with E-state index in [4.69, 9.17) is 11.6 Å². The number of aromatic hydroxyl groups is 1. The summed E-state index contributed by atoms with van der Waals surface area (Å²) >= 11 is 7.91. The molecule has 2 aromatic carbocycles. The number of nitrogens with one attached hydrogen (secondary N) is 1. The van der Waals surface area contributed by atoms with E-state index in [9.17, 15) is 9.90 Å². The van der Waals surface area contributed by atoms with Gasteiger partial charge in [0.25, 0.3) is 5.91 Å². The molecule has 18 heavy (non-hydrogen) atoms. The zero-order chi connectivity index (χ0) is 13.1. The van der Waals surface area contributed by atoms with Crippen LogP contribution in [0, 0.1) is 3.57 Å². The van der Waals surface area contributed by atoms with Crippen molar-refractivity contribution in [1.29, 1.82) is 0 Å². The molecular weight excluding hydrogens is 365 g/mol. The van der Waals surface area contributed by atoms with Gasteiger partial charge in [0.05, 0.1) is 10.7 Å². The molecule has 2 N–H and O–H groups in total. The van der Waals surface area contributed by atoms with Crippen molar-refractivity contribution in [2.75, 3.05) is 5.32 Å². The topological polar surface area (TPSA) is 49.3 Å². The summed E-state index contributed by atoms with van der Waals surface area (Å²) in [6, 6.07) is 11.8. The minimum absolute atomic E-state index is 0.0393. The fraction of sp³-hybridized carbons (Fsp3) is 0. The molecular formula is C13H9ClINO2. The largest absolute Gasteiger partial charge is 0.506 e. The van der Waals surface area contributed by atoms with Gasteiger partial charge in [0.2, 0.25) is 0 Å². The summed E-state index contributed by atoms with van der Waals surface area (Å²) in [5, 5.41) is 12.2. The van der Waals surface area contributed by atoms with Crippen molar-refractivity contribution < 1.29 is 9.90 Å². The minimum atomic E-state index is -0.263. The number of amides is 1. The molecule has 0 spiro atoms. The molecule has 0 heterocycles. The molecule has 92 valence electrons. The molecule has 0 unspecified atom stereocenters. The van der Waals surface area contributed by atoms with Crippen LogP contribution in [0.1, 0.15) is 10.4 Å². The van der Waals surface area contributed by atoms with E-state index in [2.05, 4.69) is 27.9 Å². The van der Waals surface area contributed by atoms with Crippen molar-refractivity contribution in [2.45, 2.75) is 0 Å². The van der Waals surface area contributed by atoms with Gasteiger partial charge in [0, 0.05) is 9.13 Å². The molecule has 0 saturated heterocycles. The monoisotopic (exact) mass is 373 g/mol. The Labute approximate surface area is 123 Å². The molecule has 0 saturated carbocycles. The highest BCUT2D eigenvalue weighted by Crippen LogP contribution is 2.24. The summed E-state index contributed by atoms with van der Waals surface area (Å²) < 4.78 is 0.952. The van der Waals surface area contributed by atoms with Crippen molar-refractivity contribution in [3.05, 3.63) is 56.6 Å². The Morgan fingerprint density at radius 2 is 1.94 bits per heavy atom. The molecule has 0 radical (unpaired) electrons. The highest BCUT2D eigenvalue weighted by Gasteiger charge is 2.09. The molecule has 0 aromatic heterocycles. The van der Waals surface area contributed by atoms with Gasteiger partial charge in [-0.25, -0.2) is 0 Å². The van der Waals surface area contributed by atoms with E-state index >= 15 is 0 Å². The molecule has 0 atom stereocenters. The van der Waals surface area contributed by atoms with Gasteiger partial charge in [-0.3, -0.25) is 4.79 Å². The summed E-state index contributed by atoms with van der Waals surface area (Å²) in [5.41, 5.74) is 1.14. The maximum absolute atomic E-state index is 12.0. The minimum Gasteiger partial charge on any atom is -0.506 e. The number of para-hydroxylation sites is 1. The predicted octanol–water partition coefficient (Wildman–Crippen LogP) is 3.90. The van der Waals surface area contributed by atoms with Gasteiger partial charge < -0.3 is 10.4 Å². The van der Waals surface area contributed by atoms with Gasteiger partial charge in [0.15, 0.2) is 0 Å². The number of hydrogen-bond donors (Lipinski definition) is 2. The number of carbonyl (C=O) groups is 1. The number of benzene rings is 2. The first-order valence-corrected chi connectivity index (χ1v) is 6.58. The highest BCUT2D eigenvalue weighted by atomic mass is 127. The third-order valence-electron chi connectivity index (χ3n) is 2.33. The van der Waals surface area contributed by atoms with Gasteiger partial charge in [-0.2, -0.15) is 0 Å². The number of phenols is 1. The van der Waals surface area contributed by atoms with Crippen molar-refractivity contribution in [3.63, 3.8) is 0 Å². The molecule has 2 rings (SSSR count). The van der Waals surface area contributed by atoms with Crippen molar-refractivity contribution in [2.24, 2.45) is 0 Å². The van der Waals surface area contributed by atoms with E-state index in [0.29, 0.717) is 5.56 Å². The number of anilines is 1. The lowest BCUT2D eigenvalue weighted by molar-refractivity contribution is 0.102. The molecule has 0 aliphatic heterocycles. The Bertz CT molecular complexity index is 601. The number of carbonyl (C=O) groups excluding carboxylic acids is 1. The van der Waals surface area contributed by atoms with E-state index < -0.39 is 0 Å². The third-order valence-corrected chi connectivity index (χ3v) is 3.58. The van der Waals surface area contributed by atoms with E-state index in [1.165, 1.54) is 18.2 Å². The second kappa shape index (κ2) is 5.58. The van der Waals surface area contributed by atoms with Gasteiger partial charge in [-0.15, -0.1) is 0 Å². The average Bonchev–Trinajstić information content (AvgIpc) is 2.35. The van der Waals surface area contributed by atoms with E-state index in [0.717, 1.165) is 9.26 Å². The van der Waals surface area contributed by atoms with Crippen LogP contribution < -0.4 is 5.32 Å². The van der Waals surface area contributed by atoms with Crippen molar-refractivity contribution in [1.82, 2.24) is 0 Å². The van der Waals surface area contributed by atoms with Gasteiger partial charge in [-0.05, 0) is 52.9 Å². The molecule has 2 aromatic rings. The molecule has 0 aliphatic rings. The molecule has 3 nitrogen and oxygen atoms in total. The van der Waals surface area contributed by atoms with Crippen LogP contribution >= 0.6 is 34.2 Å². The number of hydrogen-bond acceptors (Lipinski definition) is 2. The fourth-order valence-electron chi connectivity index (χ4n) is 1.41. The van der Waals surface area contributed by atoms with Crippen LogP contribution in [0.25, 0.3) is 0 Å². The van der Waals surface area contributed by atoms with Crippen LogP contribution in [0.2, 0.25) is 5.02 Å². The third kappa shape index (κ3) is 2.94. The van der Waals surface area contributed by atoms with Crippen LogP contribution in [0.15, 0.2) is 42.5 Å².